The molecule has 0 fully saturated rings. The number of rotatable bonds is 1. The highest BCUT2D eigenvalue weighted by Gasteiger charge is 2.15. The Labute approximate surface area is 87.7 Å². The predicted octanol–water partition coefficient (Wildman–Crippen LogP) is 3.47. The van der Waals surface area contributed by atoms with Crippen molar-refractivity contribution in [3.8, 4) is 5.88 Å². The summed E-state index contributed by atoms with van der Waals surface area (Å²) in [5.74, 6) is 0.748. The molecule has 2 rings (SSSR count). The van der Waals surface area contributed by atoms with Gasteiger partial charge in [-0.2, -0.15) is 4.37 Å². The Morgan fingerprint density at radius 2 is 1.93 bits per heavy atom. The molecule has 0 saturated carbocycles. The van der Waals surface area contributed by atoms with Gasteiger partial charge in [0.2, 0.25) is 5.88 Å². The topological polar surface area (TPSA) is 22.1 Å². The molecule has 0 bridgehead atoms. The minimum atomic E-state index is -0.184. The van der Waals surface area contributed by atoms with E-state index in [1.165, 1.54) is 16.2 Å². The first-order chi connectivity index (χ1) is 6.56. The molecule has 0 saturated heterocycles. The Morgan fingerprint density at radius 3 is 2.64 bits per heavy atom. The number of aromatic nitrogens is 1. The highest BCUT2D eigenvalue weighted by molar-refractivity contribution is 7.13. The molecule has 0 radical (unpaired) electrons. The van der Waals surface area contributed by atoms with Crippen molar-refractivity contribution >= 4 is 21.6 Å². The fraction of sp³-hybridized carbons (Fsp3) is 0.364. The van der Waals surface area contributed by atoms with Gasteiger partial charge in [0.15, 0.2) is 0 Å². The van der Waals surface area contributed by atoms with E-state index < -0.39 is 0 Å². The van der Waals surface area contributed by atoms with E-state index in [9.17, 15) is 0 Å². The first-order valence-electron chi connectivity index (χ1n) is 4.60. The van der Waals surface area contributed by atoms with Crippen LogP contribution in [0.15, 0.2) is 24.3 Å². The van der Waals surface area contributed by atoms with E-state index in [0.29, 0.717) is 0 Å². The number of benzene rings is 1. The summed E-state index contributed by atoms with van der Waals surface area (Å²) in [5, 5.41) is 1.10. The van der Waals surface area contributed by atoms with Gasteiger partial charge in [0.05, 0.1) is 10.1 Å². The molecule has 0 aliphatic heterocycles. The molecule has 1 aromatic carbocycles. The van der Waals surface area contributed by atoms with Crippen LogP contribution in [0.2, 0.25) is 0 Å². The van der Waals surface area contributed by atoms with Crippen molar-refractivity contribution in [1.29, 1.82) is 0 Å². The van der Waals surface area contributed by atoms with Crippen LogP contribution >= 0.6 is 11.5 Å². The van der Waals surface area contributed by atoms with Crippen molar-refractivity contribution in [2.45, 2.75) is 26.4 Å². The van der Waals surface area contributed by atoms with Gasteiger partial charge in [-0.25, -0.2) is 0 Å². The molecular formula is C11H13NOS. The second-order valence-electron chi connectivity index (χ2n) is 4.20. The molecule has 0 aliphatic carbocycles. The lowest BCUT2D eigenvalue weighted by Gasteiger charge is -2.19. The number of hydrogen-bond acceptors (Lipinski definition) is 3. The quantitative estimate of drug-likeness (QED) is 0.714. The lowest BCUT2D eigenvalue weighted by molar-refractivity contribution is 0.128. The van der Waals surface area contributed by atoms with Crippen LogP contribution in [0.25, 0.3) is 10.1 Å². The monoisotopic (exact) mass is 207 g/mol. The van der Waals surface area contributed by atoms with Crippen LogP contribution in [0.4, 0.5) is 0 Å². The zero-order valence-corrected chi connectivity index (χ0v) is 9.39. The summed E-state index contributed by atoms with van der Waals surface area (Å²) in [6.07, 6.45) is 0. The van der Waals surface area contributed by atoms with Crippen molar-refractivity contribution < 1.29 is 4.74 Å². The van der Waals surface area contributed by atoms with Crippen molar-refractivity contribution in [2.75, 3.05) is 0 Å². The lowest BCUT2D eigenvalue weighted by atomic mass is 10.2. The Balaban J connectivity index is 2.44. The van der Waals surface area contributed by atoms with Crippen molar-refractivity contribution in [3.63, 3.8) is 0 Å². The highest BCUT2D eigenvalue weighted by atomic mass is 32.1. The van der Waals surface area contributed by atoms with E-state index in [-0.39, 0.29) is 5.60 Å². The number of hydrogen-bond donors (Lipinski definition) is 0. The van der Waals surface area contributed by atoms with Gasteiger partial charge in [-0.1, -0.05) is 12.1 Å². The van der Waals surface area contributed by atoms with Crippen LogP contribution < -0.4 is 4.74 Å². The predicted molar refractivity (Wildman–Crippen MR) is 60.0 cm³/mol. The first kappa shape index (κ1) is 9.46. The van der Waals surface area contributed by atoms with Crippen molar-refractivity contribution in [1.82, 2.24) is 4.37 Å². The smallest absolute Gasteiger partial charge is 0.233 e. The van der Waals surface area contributed by atoms with Crippen LogP contribution in [0, 0.1) is 0 Å². The van der Waals surface area contributed by atoms with Crippen LogP contribution in [0.5, 0.6) is 5.88 Å². The first-order valence-corrected chi connectivity index (χ1v) is 5.37. The van der Waals surface area contributed by atoms with Crippen LogP contribution in [-0.4, -0.2) is 9.97 Å². The summed E-state index contributed by atoms with van der Waals surface area (Å²) in [4.78, 5) is 0. The fourth-order valence-corrected chi connectivity index (χ4v) is 1.94. The van der Waals surface area contributed by atoms with Gasteiger partial charge in [0.1, 0.15) is 5.60 Å². The maximum absolute atomic E-state index is 5.75. The summed E-state index contributed by atoms with van der Waals surface area (Å²) in [5.41, 5.74) is -0.184. The molecule has 14 heavy (non-hydrogen) atoms. The lowest BCUT2D eigenvalue weighted by Crippen LogP contribution is -2.23. The van der Waals surface area contributed by atoms with E-state index in [1.54, 1.807) is 0 Å². The second kappa shape index (κ2) is 3.24. The van der Waals surface area contributed by atoms with Crippen LogP contribution in [-0.2, 0) is 0 Å². The Kier molecular flexibility index (Phi) is 2.19. The Hall–Kier alpha value is -1.09. The van der Waals surface area contributed by atoms with Gasteiger partial charge < -0.3 is 4.74 Å². The molecular weight excluding hydrogens is 194 g/mol. The third kappa shape index (κ3) is 1.87. The largest absolute Gasteiger partial charge is 0.471 e. The average molecular weight is 207 g/mol. The third-order valence-electron chi connectivity index (χ3n) is 1.75. The zero-order chi connectivity index (χ0) is 10.2. The summed E-state index contributed by atoms with van der Waals surface area (Å²) in [7, 11) is 0. The molecule has 1 heterocycles. The normalized spacial score (nSPS) is 11.9. The molecule has 0 unspecified atom stereocenters. The van der Waals surface area contributed by atoms with Crippen molar-refractivity contribution in [2.24, 2.45) is 0 Å². The van der Waals surface area contributed by atoms with E-state index in [2.05, 4.69) is 10.4 Å². The van der Waals surface area contributed by atoms with Gasteiger partial charge in [0, 0.05) is 0 Å². The summed E-state index contributed by atoms with van der Waals surface area (Å²) >= 11 is 1.48. The maximum atomic E-state index is 5.75. The van der Waals surface area contributed by atoms with Gasteiger partial charge in [-0.15, -0.1) is 0 Å². The summed E-state index contributed by atoms with van der Waals surface area (Å²) in [6, 6.07) is 8.12. The van der Waals surface area contributed by atoms with Crippen LogP contribution in [0.1, 0.15) is 20.8 Å². The molecule has 0 amide bonds. The van der Waals surface area contributed by atoms with Gasteiger partial charge in [-0.3, -0.25) is 0 Å². The van der Waals surface area contributed by atoms with E-state index >= 15 is 0 Å². The Bertz CT molecular complexity index is 442. The Morgan fingerprint density at radius 1 is 1.21 bits per heavy atom. The van der Waals surface area contributed by atoms with Crippen molar-refractivity contribution in [3.05, 3.63) is 24.3 Å². The zero-order valence-electron chi connectivity index (χ0n) is 8.57. The molecule has 2 nitrogen and oxygen atoms in total. The van der Waals surface area contributed by atoms with Crippen LogP contribution in [0.3, 0.4) is 0 Å². The van der Waals surface area contributed by atoms with Gasteiger partial charge >= 0.3 is 0 Å². The molecule has 74 valence electrons. The van der Waals surface area contributed by atoms with E-state index in [1.807, 2.05) is 39.0 Å². The summed E-state index contributed by atoms with van der Waals surface area (Å²) < 4.78 is 11.2. The van der Waals surface area contributed by atoms with E-state index in [4.69, 9.17) is 4.74 Å². The van der Waals surface area contributed by atoms with Gasteiger partial charge in [-0.05, 0) is 44.4 Å². The van der Waals surface area contributed by atoms with Gasteiger partial charge in [0.25, 0.3) is 0 Å². The molecule has 1 aromatic heterocycles. The SMILES string of the molecule is CC(C)(C)Oc1nsc2ccccc12. The van der Waals surface area contributed by atoms with E-state index in [0.717, 1.165) is 11.3 Å². The molecule has 3 heteroatoms. The summed E-state index contributed by atoms with van der Waals surface area (Å²) in [6.45, 7) is 6.09. The molecule has 0 aliphatic rings. The molecule has 0 atom stereocenters. The standard InChI is InChI=1S/C11H13NOS/c1-11(2,3)13-10-8-6-4-5-7-9(8)14-12-10/h4-7H,1-3H3. The average Bonchev–Trinajstić information content (AvgIpc) is 2.47. The third-order valence-corrected chi connectivity index (χ3v) is 2.56. The fourth-order valence-electron chi connectivity index (χ4n) is 1.23. The minimum Gasteiger partial charge on any atom is -0.471 e. The minimum absolute atomic E-state index is 0.184. The number of fused-ring (bicyclic) bond motifs is 1. The molecule has 2 aromatic rings. The molecule has 0 N–H and O–H groups in total. The highest BCUT2D eigenvalue weighted by Crippen LogP contribution is 2.30. The number of nitrogens with zero attached hydrogens (tertiary/aromatic N) is 1. The second-order valence-corrected chi connectivity index (χ2v) is 5.00. The molecule has 0 spiro atoms. The maximum Gasteiger partial charge on any atom is 0.233 e. The number of ether oxygens (including phenoxy) is 1.